The number of aliphatic hydroxyl groups is 1. The van der Waals surface area contributed by atoms with Gasteiger partial charge in [-0.15, -0.1) is 0 Å². The van der Waals surface area contributed by atoms with Gasteiger partial charge in [0.1, 0.15) is 0 Å². The van der Waals surface area contributed by atoms with Crippen LogP contribution in [-0.4, -0.2) is 11.7 Å². The molecule has 0 atom stereocenters. The van der Waals surface area contributed by atoms with Crippen LogP contribution in [0.3, 0.4) is 0 Å². The van der Waals surface area contributed by atoms with Crippen LogP contribution >= 0.6 is 0 Å². The molecule has 12 heavy (non-hydrogen) atoms. The summed E-state index contributed by atoms with van der Waals surface area (Å²) in [4.78, 5) is 0. The van der Waals surface area contributed by atoms with Gasteiger partial charge < -0.3 is 5.11 Å². The number of hydrogen-bond acceptors (Lipinski definition) is 1. The summed E-state index contributed by atoms with van der Waals surface area (Å²) in [6, 6.07) is 0. The van der Waals surface area contributed by atoms with E-state index in [0.29, 0.717) is 6.61 Å². The Balaban J connectivity index is 3.02. The fraction of sp³-hybridized carbons (Fsp3) is 0.636. The summed E-state index contributed by atoms with van der Waals surface area (Å²) in [6.45, 7) is 2.36. The van der Waals surface area contributed by atoms with Crippen LogP contribution in [-0.2, 0) is 0 Å². The Labute approximate surface area is 75.8 Å². The summed E-state index contributed by atoms with van der Waals surface area (Å²) < 4.78 is 0. The normalized spacial score (nSPS) is 11.8. The van der Waals surface area contributed by atoms with Gasteiger partial charge in [-0.2, -0.15) is 0 Å². The molecule has 1 nitrogen and oxygen atoms in total. The molecular formula is C11H20O. The number of aliphatic hydroxyl groups excluding tert-OH is 1. The Hall–Kier alpha value is -0.560. The molecule has 1 heteroatoms. The van der Waals surface area contributed by atoms with E-state index in [2.05, 4.69) is 31.2 Å². The monoisotopic (exact) mass is 168 g/mol. The fourth-order valence-electron chi connectivity index (χ4n) is 0.965. The SMILES string of the molecule is C/C=C\CCC/C=C\CCCO. The van der Waals surface area contributed by atoms with E-state index in [9.17, 15) is 0 Å². The molecular weight excluding hydrogens is 148 g/mol. The van der Waals surface area contributed by atoms with E-state index in [-0.39, 0.29) is 0 Å². The molecule has 0 fully saturated rings. The Morgan fingerprint density at radius 1 is 0.917 bits per heavy atom. The maximum atomic E-state index is 8.50. The zero-order chi connectivity index (χ0) is 9.07. The molecule has 0 aliphatic carbocycles. The molecule has 0 aliphatic rings. The molecule has 0 amide bonds. The van der Waals surface area contributed by atoms with Gasteiger partial charge in [-0.05, 0) is 39.0 Å². The zero-order valence-corrected chi connectivity index (χ0v) is 8.00. The summed E-state index contributed by atoms with van der Waals surface area (Å²) in [7, 11) is 0. The molecule has 0 rings (SSSR count). The molecule has 0 spiro atoms. The van der Waals surface area contributed by atoms with E-state index in [0.717, 1.165) is 19.3 Å². The van der Waals surface area contributed by atoms with E-state index < -0.39 is 0 Å². The van der Waals surface area contributed by atoms with Crippen LogP contribution in [0.1, 0.15) is 39.0 Å². The molecule has 1 N–H and O–H groups in total. The molecule has 0 radical (unpaired) electrons. The van der Waals surface area contributed by atoms with Gasteiger partial charge in [-0.25, -0.2) is 0 Å². The van der Waals surface area contributed by atoms with Gasteiger partial charge in [0.2, 0.25) is 0 Å². The first-order chi connectivity index (χ1) is 5.91. The van der Waals surface area contributed by atoms with Crippen LogP contribution in [0.2, 0.25) is 0 Å². The second kappa shape index (κ2) is 10.4. The maximum Gasteiger partial charge on any atom is 0.0433 e. The lowest BCUT2D eigenvalue weighted by molar-refractivity contribution is 0.289. The van der Waals surface area contributed by atoms with E-state index in [1.54, 1.807) is 0 Å². The molecule has 0 unspecified atom stereocenters. The Morgan fingerprint density at radius 2 is 1.50 bits per heavy atom. The summed E-state index contributed by atoms with van der Waals surface area (Å²) in [5, 5.41) is 8.50. The molecule has 0 heterocycles. The molecule has 0 saturated carbocycles. The second-order valence-corrected chi connectivity index (χ2v) is 2.84. The lowest BCUT2D eigenvalue weighted by Gasteiger charge is -1.90. The molecule has 0 aromatic rings. The zero-order valence-electron chi connectivity index (χ0n) is 8.00. The van der Waals surface area contributed by atoms with Crippen LogP contribution in [0.4, 0.5) is 0 Å². The van der Waals surface area contributed by atoms with Gasteiger partial charge in [0.25, 0.3) is 0 Å². The Bertz CT molecular complexity index is 125. The minimum Gasteiger partial charge on any atom is -0.396 e. The minimum absolute atomic E-state index is 0.308. The van der Waals surface area contributed by atoms with Crippen molar-refractivity contribution >= 4 is 0 Å². The highest BCUT2D eigenvalue weighted by Gasteiger charge is 1.80. The third-order valence-electron chi connectivity index (χ3n) is 1.67. The third-order valence-corrected chi connectivity index (χ3v) is 1.67. The van der Waals surface area contributed by atoms with E-state index >= 15 is 0 Å². The average molecular weight is 168 g/mol. The highest BCUT2D eigenvalue weighted by atomic mass is 16.2. The quantitative estimate of drug-likeness (QED) is 0.457. The van der Waals surface area contributed by atoms with Gasteiger partial charge in [0, 0.05) is 6.61 Å². The molecule has 0 saturated heterocycles. The summed E-state index contributed by atoms with van der Waals surface area (Å²) in [5.74, 6) is 0. The van der Waals surface area contributed by atoms with Crippen molar-refractivity contribution in [3.8, 4) is 0 Å². The van der Waals surface area contributed by atoms with E-state index in [1.807, 2.05) is 0 Å². The number of unbranched alkanes of at least 4 members (excludes halogenated alkanes) is 3. The Morgan fingerprint density at radius 3 is 2.08 bits per heavy atom. The molecule has 0 bridgehead atoms. The topological polar surface area (TPSA) is 20.2 Å². The number of allylic oxidation sites excluding steroid dienone is 4. The van der Waals surface area contributed by atoms with Crippen LogP contribution in [0.15, 0.2) is 24.3 Å². The summed E-state index contributed by atoms with van der Waals surface area (Å²) in [6.07, 6.45) is 14.1. The van der Waals surface area contributed by atoms with Crippen molar-refractivity contribution in [3.05, 3.63) is 24.3 Å². The first-order valence-electron chi connectivity index (χ1n) is 4.78. The van der Waals surface area contributed by atoms with Crippen molar-refractivity contribution in [3.63, 3.8) is 0 Å². The first-order valence-corrected chi connectivity index (χ1v) is 4.78. The predicted octanol–water partition coefficient (Wildman–Crippen LogP) is 3.06. The van der Waals surface area contributed by atoms with Crippen LogP contribution in [0.5, 0.6) is 0 Å². The first kappa shape index (κ1) is 11.4. The molecule has 0 aliphatic heterocycles. The summed E-state index contributed by atoms with van der Waals surface area (Å²) >= 11 is 0. The standard InChI is InChI=1S/C11H20O/c1-2-3-4-5-6-7-8-9-10-11-12/h2-3,7-8,12H,4-6,9-11H2,1H3/b3-2-,8-7-. The number of rotatable bonds is 7. The van der Waals surface area contributed by atoms with Gasteiger partial charge >= 0.3 is 0 Å². The van der Waals surface area contributed by atoms with Gasteiger partial charge in [0.05, 0.1) is 0 Å². The van der Waals surface area contributed by atoms with Crippen LogP contribution in [0.25, 0.3) is 0 Å². The van der Waals surface area contributed by atoms with Crippen molar-refractivity contribution in [1.82, 2.24) is 0 Å². The lowest BCUT2D eigenvalue weighted by atomic mass is 10.2. The highest BCUT2D eigenvalue weighted by molar-refractivity contribution is 4.83. The van der Waals surface area contributed by atoms with Crippen LogP contribution < -0.4 is 0 Å². The van der Waals surface area contributed by atoms with E-state index in [4.69, 9.17) is 5.11 Å². The van der Waals surface area contributed by atoms with Crippen molar-refractivity contribution < 1.29 is 5.11 Å². The lowest BCUT2D eigenvalue weighted by Crippen LogP contribution is -1.78. The summed E-state index contributed by atoms with van der Waals surface area (Å²) in [5.41, 5.74) is 0. The van der Waals surface area contributed by atoms with E-state index in [1.165, 1.54) is 12.8 Å². The second-order valence-electron chi connectivity index (χ2n) is 2.84. The highest BCUT2D eigenvalue weighted by Crippen LogP contribution is 1.99. The van der Waals surface area contributed by atoms with Crippen LogP contribution in [0, 0.1) is 0 Å². The molecule has 0 aromatic carbocycles. The molecule has 0 aromatic heterocycles. The van der Waals surface area contributed by atoms with Crippen molar-refractivity contribution in [2.75, 3.05) is 6.61 Å². The van der Waals surface area contributed by atoms with Gasteiger partial charge in [-0.3, -0.25) is 0 Å². The Kier molecular flexibility index (Phi) is 9.95. The number of hydrogen-bond donors (Lipinski definition) is 1. The average Bonchev–Trinajstić information content (AvgIpc) is 2.10. The van der Waals surface area contributed by atoms with Gasteiger partial charge in [0.15, 0.2) is 0 Å². The smallest absolute Gasteiger partial charge is 0.0433 e. The van der Waals surface area contributed by atoms with Crippen molar-refractivity contribution in [1.29, 1.82) is 0 Å². The maximum absolute atomic E-state index is 8.50. The third kappa shape index (κ3) is 9.44. The fourth-order valence-corrected chi connectivity index (χ4v) is 0.965. The van der Waals surface area contributed by atoms with Crippen molar-refractivity contribution in [2.24, 2.45) is 0 Å². The van der Waals surface area contributed by atoms with Gasteiger partial charge in [-0.1, -0.05) is 24.3 Å². The largest absolute Gasteiger partial charge is 0.396 e. The predicted molar refractivity (Wildman–Crippen MR) is 54.1 cm³/mol. The van der Waals surface area contributed by atoms with Crippen molar-refractivity contribution in [2.45, 2.75) is 39.0 Å². The molecule has 70 valence electrons. The minimum atomic E-state index is 0.308.